The first-order chi connectivity index (χ1) is 12.7. The van der Waals surface area contributed by atoms with Gasteiger partial charge in [-0.1, -0.05) is 18.2 Å². The molecule has 0 N–H and O–H groups in total. The van der Waals surface area contributed by atoms with Gasteiger partial charge in [-0.3, -0.25) is 4.98 Å². The molecular formula is C22H18FN3. The number of halogens is 1. The fourth-order valence-electron chi connectivity index (χ4n) is 3.88. The predicted molar refractivity (Wildman–Crippen MR) is 101 cm³/mol. The fraction of sp³-hybridized carbons (Fsp3) is 0.182. The highest BCUT2D eigenvalue weighted by Crippen LogP contribution is 2.38. The second-order valence-corrected chi connectivity index (χ2v) is 6.85. The Hall–Kier alpha value is -3.01. The summed E-state index contributed by atoms with van der Waals surface area (Å²) < 4.78 is 16.2. The van der Waals surface area contributed by atoms with Crippen molar-refractivity contribution in [1.29, 1.82) is 0 Å². The second-order valence-electron chi connectivity index (χ2n) is 6.85. The van der Waals surface area contributed by atoms with E-state index in [2.05, 4.69) is 27.8 Å². The monoisotopic (exact) mass is 343 g/mol. The number of rotatable bonds is 2. The van der Waals surface area contributed by atoms with Crippen LogP contribution in [0.15, 0.2) is 54.7 Å². The van der Waals surface area contributed by atoms with Crippen LogP contribution in [0.4, 0.5) is 4.39 Å². The summed E-state index contributed by atoms with van der Waals surface area (Å²) in [6.45, 7) is 2.96. The number of hydrogen-bond donors (Lipinski definition) is 0. The van der Waals surface area contributed by atoms with Gasteiger partial charge < -0.3 is 4.57 Å². The molecule has 0 amide bonds. The van der Waals surface area contributed by atoms with Crippen molar-refractivity contribution < 1.29 is 4.39 Å². The zero-order chi connectivity index (χ0) is 17.7. The average Bonchev–Trinajstić information content (AvgIpc) is 3.24. The van der Waals surface area contributed by atoms with Crippen molar-refractivity contribution in [3.63, 3.8) is 0 Å². The molecule has 0 radical (unpaired) electrons. The first-order valence-electron chi connectivity index (χ1n) is 8.92. The molecule has 0 bridgehead atoms. The average molecular weight is 343 g/mol. The van der Waals surface area contributed by atoms with Crippen LogP contribution in [0.1, 0.15) is 17.8 Å². The number of aryl methyl sites for hydroxylation is 2. The second kappa shape index (κ2) is 5.77. The SMILES string of the molecule is Cc1ccc(F)cc1-c1nc2n(c1-c1ccc3ncccc3c1)CCC2. The lowest BCUT2D eigenvalue weighted by molar-refractivity contribution is 0.628. The number of pyridine rings is 1. The third kappa shape index (κ3) is 2.33. The van der Waals surface area contributed by atoms with Crippen LogP contribution in [0.3, 0.4) is 0 Å². The summed E-state index contributed by atoms with van der Waals surface area (Å²) in [5.41, 5.74) is 5.93. The molecule has 128 valence electrons. The van der Waals surface area contributed by atoms with Crippen LogP contribution in [0, 0.1) is 12.7 Å². The Morgan fingerprint density at radius 3 is 2.92 bits per heavy atom. The lowest BCUT2D eigenvalue weighted by atomic mass is 9.99. The Morgan fingerprint density at radius 2 is 2.00 bits per heavy atom. The van der Waals surface area contributed by atoms with Gasteiger partial charge in [-0.25, -0.2) is 9.37 Å². The Morgan fingerprint density at radius 1 is 1.08 bits per heavy atom. The number of fused-ring (bicyclic) bond motifs is 2. The molecule has 0 saturated heterocycles. The lowest BCUT2D eigenvalue weighted by Crippen LogP contribution is -1.97. The van der Waals surface area contributed by atoms with Gasteiger partial charge >= 0.3 is 0 Å². The topological polar surface area (TPSA) is 30.7 Å². The number of aromatic nitrogens is 3. The zero-order valence-corrected chi connectivity index (χ0v) is 14.5. The first kappa shape index (κ1) is 15.3. The summed E-state index contributed by atoms with van der Waals surface area (Å²) in [5.74, 6) is 0.859. The van der Waals surface area contributed by atoms with Crippen LogP contribution in [-0.4, -0.2) is 14.5 Å². The molecule has 0 unspecified atom stereocenters. The lowest BCUT2D eigenvalue weighted by Gasteiger charge is -2.11. The molecule has 0 atom stereocenters. The van der Waals surface area contributed by atoms with Gasteiger partial charge in [-0.2, -0.15) is 0 Å². The Labute approximate surface area is 151 Å². The van der Waals surface area contributed by atoms with Crippen molar-refractivity contribution in [3.8, 4) is 22.5 Å². The molecule has 0 spiro atoms. The Bertz CT molecular complexity index is 1140. The van der Waals surface area contributed by atoms with Gasteiger partial charge in [0.2, 0.25) is 0 Å². The van der Waals surface area contributed by atoms with Gasteiger partial charge in [0.05, 0.1) is 16.9 Å². The van der Waals surface area contributed by atoms with Crippen molar-refractivity contribution in [2.75, 3.05) is 0 Å². The van der Waals surface area contributed by atoms with E-state index < -0.39 is 0 Å². The van der Waals surface area contributed by atoms with E-state index in [9.17, 15) is 4.39 Å². The molecule has 5 rings (SSSR count). The largest absolute Gasteiger partial charge is 0.327 e. The van der Waals surface area contributed by atoms with Crippen LogP contribution < -0.4 is 0 Å². The van der Waals surface area contributed by atoms with Crippen LogP contribution in [-0.2, 0) is 13.0 Å². The molecule has 0 aliphatic carbocycles. The van der Waals surface area contributed by atoms with E-state index in [0.29, 0.717) is 0 Å². The molecule has 2 aromatic heterocycles. The molecule has 0 saturated carbocycles. The van der Waals surface area contributed by atoms with Crippen molar-refractivity contribution in [3.05, 3.63) is 71.9 Å². The first-order valence-corrected chi connectivity index (χ1v) is 8.92. The van der Waals surface area contributed by atoms with E-state index in [4.69, 9.17) is 4.98 Å². The van der Waals surface area contributed by atoms with E-state index in [-0.39, 0.29) is 5.82 Å². The minimum atomic E-state index is -0.229. The van der Waals surface area contributed by atoms with E-state index in [1.807, 2.05) is 25.1 Å². The van der Waals surface area contributed by atoms with Crippen LogP contribution in [0.5, 0.6) is 0 Å². The summed E-state index contributed by atoms with van der Waals surface area (Å²) in [4.78, 5) is 9.31. The van der Waals surface area contributed by atoms with Crippen molar-refractivity contribution >= 4 is 10.9 Å². The highest BCUT2D eigenvalue weighted by Gasteiger charge is 2.24. The number of benzene rings is 2. The molecule has 2 aromatic carbocycles. The highest BCUT2D eigenvalue weighted by atomic mass is 19.1. The molecule has 4 aromatic rings. The van der Waals surface area contributed by atoms with E-state index in [0.717, 1.165) is 64.2 Å². The molecule has 4 heteroatoms. The summed E-state index contributed by atoms with van der Waals surface area (Å²) in [6.07, 6.45) is 3.88. The third-order valence-electron chi connectivity index (χ3n) is 5.16. The fourth-order valence-corrected chi connectivity index (χ4v) is 3.88. The van der Waals surface area contributed by atoms with Gasteiger partial charge in [0, 0.05) is 35.7 Å². The van der Waals surface area contributed by atoms with Crippen molar-refractivity contribution in [1.82, 2.24) is 14.5 Å². The van der Waals surface area contributed by atoms with Crippen LogP contribution in [0.25, 0.3) is 33.4 Å². The van der Waals surface area contributed by atoms with Gasteiger partial charge in [-0.05, 0) is 49.2 Å². The van der Waals surface area contributed by atoms with Gasteiger partial charge in [-0.15, -0.1) is 0 Å². The number of imidazole rings is 1. The maximum absolute atomic E-state index is 13.9. The minimum absolute atomic E-state index is 0.229. The minimum Gasteiger partial charge on any atom is -0.327 e. The zero-order valence-electron chi connectivity index (χ0n) is 14.5. The molecule has 3 heterocycles. The maximum atomic E-state index is 13.9. The van der Waals surface area contributed by atoms with Gasteiger partial charge in [0.1, 0.15) is 11.6 Å². The van der Waals surface area contributed by atoms with Crippen molar-refractivity contribution in [2.24, 2.45) is 0 Å². The number of hydrogen-bond acceptors (Lipinski definition) is 2. The standard InChI is InChI=1S/C22H18FN3/c1-14-6-8-17(23)13-18(14)21-22(26-11-3-5-20(26)25-21)16-7-9-19-15(12-16)4-2-10-24-19/h2,4,6-10,12-13H,3,5,11H2,1H3. The molecule has 3 nitrogen and oxygen atoms in total. The number of nitrogens with zero attached hydrogens (tertiary/aromatic N) is 3. The third-order valence-corrected chi connectivity index (χ3v) is 5.16. The molecular weight excluding hydrogens is 325 g/mol. The normalized spacial score (nSPS) is 13.3. The van der Waals surface area contributed by atoms with E-state index in [1.54, 1.807) is 12.3 Å². The Kier molecular flexibility index (Phi) is 3.38. The van der Waals surface area contributed by atoms with Crippen LogP contribution in [0.2, 0.25) is 0 Å². The molecule has 0 fully saturated rings. The maximum Gasteiger partial charge on any atom is 0.123 e. The van der Waals surface area contributed by atoms with Crippen LogP contribution >= 0.6 is 0 Å². The summed E-state index contributed by atoms with van der Waals surface area (Å²) in [5, 5.41) is 1.10. The Balaban J connectivity index is 1.78. The highest BCUT2D eigenvalue weighted by molar-refractivity contribution is 5.88. The summed E-state index contributed by atoms with van der Waals surface area (Å²) in [6, 6.07) is 15.2. The quantitative estimate of drug-likeness (QED) is 0.503. The molecule has 26 heavy (non-hydrogen) atoms. The predicted octanol–water partition coefficient (Wildman–Crippen LogP) is 5.16. The molecule has 1 aliphatic heterocycles. The summed E-state index contributed by atoms with van der Waals surface area (Å²) in [7, 11) is 0. The summed E-state index contributed by atoms with van der Waals surface area (Å²) >= 11 is 0. The smallest absolute Gasteiger partial charge is 0.123 e. The molecule has 1 aliphatic rings. The van der Waals surface area contributed by atoms with Gasteiger partial charge in [0.25, 0.3) is 0 Å². The van der Waals surface area contributed by atoms with Gasteiger partial charge in [0.15, 0.2) is 0 Å². The van der Waals surface area contributed by atoms with E-state index in [1.165, 1.54) is 6.07 Å². The van der Waals surface area contributed by atoms with Crippen molar-refractivity contribution in [2.45, 2.75) is 26.3 Å². The van der Waals surface area contributed by atoms with E-state index >= 15 is 0 Å².